The average molecular weight is 249 g/mol. The topological polar surface area (TPSA) is 29.1 Å². The maximum absolute atomic E-state index is 11.8. The minimum Gasteiger partial charge on any atom is -0.352 e. The highest BCUT2D eigenvalue weighted by molar-refractivity contribution is 8.00. The summed E-state index contributed by atoms with van der Waals surface area (Å²) < 4.78 is 0. The maximum atomic E-state index is 11.8. The Morgan fingerprint density at radius 2 is 2.12 bits per heavy atom. The summed E-state index contributed by atoms with van der Waals surface area (Å²) in [7, 11) is 0. The van der Waals surface area contributed by atoms with Crippen molar-refractivity contribution in [2.24, 2.45) is 0 Å². The Labute approximate surface area is 107 Å². The summed E-state index contributed by atoms with van der Waals surface area (Å²) in [5.41, 5.74) is 2.52. The molecule has 0 heterocycles. The molecule has 0 radical (unpaired) electrons. The van der Waals surface area contributed by atoms with Crippen molar-refractivity contribution < 1.29 is 4.79 Å². The molecule has 1 amide bonds. The molecule has 2 rings (SSSR count). The highest BCUT2D eigenvalue weighted by Crippen LogP contribution is 2.28. The Hall–Kier alpha value is -0.960. The minimum atomic E-state index is -0.0167. The normalized spacial score (nSPS) is 16.6. The molecule has 1 aliphatic rings. The first-order valence-electron chi connectivity index (χ1n) is 6.10. The van der Waals surface area contributed by atoms with Gasteiger partial charge in [0, 0.05) is 10.9 Å². The van der Waals surface area contributed by atoms with Gasteiger partial charge in [-0.2, -0.15) is 0 Å². The highest BCUT2D eigenvalue weighted by Gasteiger charge is 2.26. The van der Waals surface area contributed by atoms with E-state index in [1.54, 1.807) is 11.8 Å². The van der Waals surface area contributed by atoms with Crippen molar-refractivity contribution in [3.05, 3.63) is 29.3 Å². The average Bonchev–Trinajstić information content (AvgIpc) is 3.06. The van der Waals surface area contributed by atoms with E-state index in [0.29, 0.717) is 6.04 Å². The number of aryl methyl sites for hydroxylation is 2. The zero-order chi connectivity index (χ0) is 12.4. The highest BCUT2D eigenvalue weighted by atomic mass is 32.2. The SMILES string of the molecule is Cc1ccc(SC(C)C(=O)NC2CC2)c(C)c1. The molecule has 1 aliphatic carbocycles. The fourth-order valence-corrected chi connectivity index (χ4v) is 2.67. The van der Waals surface area contributed by atoms with Gasteiger partial charge in [0.15, 0.2) is 0 Å². The lowest BCUT2D eigenvalue weighted by Gasteiger charge is -2.13. The number of carbonyl (C=O) groups is 1. The zero-order valence-electron chi connectivity index (χ0n) is 10.6. The number of benzene rings is 1. The van der Waals surface area contributed by atoms with E-state index in [4.69, 9.17) is 0 Å². The summed E-state index contributed by atoms with van der Waals surface area (Å²) in [4.78, 5) is 13.0. The number of thioether (sulfide) groups is 1. The molecular weight excluding hydrogens is 230 g/mol. The second-order valence-corrected chi connectivity index (χ2v) is 6.19. The first-order valence-corrected chi connectivity index (χ1v) is 6.98. The van der Waals surface area contributed by atoms with E-state index >= 15 is 0 Å². The van der Waals surface area contributed by atoms with Gasteiger partial charge in [0.05, 0.1) is 5.25 Å². The van der Waals surface area contributed by atoms with Gasteiger partial charge in [-0.05, 0) is 45.2 Å². The number of hydrogen-bond donors (Lipinski definition) is 1. The molecule has 17 heavy (non-hydrogen) atoms. The molecule has 1 atom stereocenters. The lowest BCUT2D eigenvalue weighted by Crippen LogP contribution is -2.32. The molecule has 0 spiro atoms. The molecule has 1 saturated carbocycles. The van der Waals surface area contributed by atoms with E-state index in [1.807, 2.05) is 6.92 Å². The lowest BCUT2D eigenvalue weighted by atomic mass is 10.2. The molecule has 92 valence electrons. The maximum Gasteiger partial charge on any atom is 0.233 e. The molecular formula is C14H19NOS. The van der Waals surface area contributed by atoms with Crippen molar-refractivity contribution in [3.8, 4) is 0 Å². The molecule has 0 aromatic heterocycles. The molecule has 0 bridgehead atoms. The van der Waals surface area contributed by atoms with Gasteiger partial charge in [0.2, 0.25) is 5.91 Å². The van der Waals surface area contributed by atoms with Gasteiger partial charge < -0.3 is 5.32 Å². The van der Waals surface area contributed by atoms with Crippen molar-refractivity contribution in [3.63, 3.8) is 0 Å². The predicted molar refractivity (Wildman–Crippen MR) is 72.4 cm³/mol. The molecule has 1 aromatic rings. The summed E-state index contributed by atoms with van der Waals surface area (Å²) in [6.07, 6.45) is 2.29. The van der Waals surface area contributed by atoms with Crippen LogP contribution >= 0.6 is 11.8 Å². The standard InChI is InChI=1S/C14H19NOS/c1-9-4-7-13(10(2)8-9)17-11(3)14(16)15-12-5-6-12/h4,7-8,11-12H,5-6H2,1-3H3,(H,15,16). The summed E-state index contributed by atoms with van der Waals surface area (Å²) in [6.45, 7) is 6.16. The smallest absolute Gasteiger partial charge is 0.233 e. The van der Waals surface area contributed by atoms with E-state index in [9.17, 15) is 4.79 Å². The van der Waals surface area contributed by atoms with Crippen LogP contribution in [0.3, 0.4) is 0 Å². The largest absolute Gasteiger partial charge is 0.352 e. The van der Waals surface area contributed by atoms with Gasteiger partial charge in [-0.3, -0.25) is 4.79 Å². The third-order valence-electron chi connectivity index (χ3n) is 2.93. The second-order valence-electron chi connectivity index (χ2n) is 4.81. The van der Waals surface area contributed by atoms with Gasteiger partial charge in [-0.15, -0.1) is 11.8 Å². The van der Waals surface area contributed by atoms with Gasteiger partial charge in [0.25, 0.3) is 0 Å². The Morgan fingerprint density at radius 1 is 1.41 bits per heavy atom. The Balaban J connectivity index is 1.96. The van der Waals surface area contributed by atoms with Crippen LogP contribution in [0, 0.1) is 13.8 Å². The van der Waals surface area contributed by atoms with E-state index in [-0.39, 0.29) is 11.2 Å². The molecule has 3 heteroatoms. The van der Waals surface area contributed by atoms with Crippen LogP contribution in [0.25, 0.3) is 0 Å². The van der Waals surface area contributed by atoms with Crippen LogP contribution < -0.4 is 5.32 Å². The van der Waals surface area contributed by atoms with Crippen LogP contribution in [0.5, 0.6) is 0 Å². The van der Waals surface area contributed by atoms with Crippen molar-refractivity contribution in [2.45, 2.75) is 49.8 Å². The third-order valence-corrected chi connectivity index (χ3v) is 4.21. The zero-order valence-corrected chi connectivity index (χ0v) is 11.4. The van der Waals surface area contributed by atoms with E-state index in [2.05, 4.69) is 37.4 Å². The van der Waals surface area contributed by atoms with Gasteiger partial charge in [-0.25, -0.2) is 0 Å². The summed E-state index contributed by atoms with van der Waals surface area (Å²) in [5.74, 6) is 0.164. The van der Waals surface area contributed by atoms with Crippen LogP contribution in [0.1, 0.15) is 30.9 Å². The van der Waals surface area contributed by atoms with Crippen molar-refractivity contribution in [2.75, 3.05) is 0 Å². The van der Waals surface area contributed by atoms with Crippen LogP contribution in [0.4, 0.5) is 0 Å². The Morgan fingerprint density at radius 3 is 2.71 bits per heavy atom. The van der Waals surface area contributed by atoms with Crippen LogP contribution in [-0.2, 0) is 4.79 Å². The van der Waals surface area contributed by atoms with Gasteiger partial charge in [0.1, 0.15) is 0 Å². The van der Waals surface area contributed by atoms with Crippen LogP contribution in [0.2, 0.25) is 0 Å². The molecule has 1 N–H and O–H groups in total. The fraction of sp³-hybridized carbons (Fsp3) is 0.500. The summed E-state index contributed by atoms with van der Waals surface area (Å²) in [5, 5.41) is 3.03. The molecule has 0 aliphatic heterocycles. The number of hydrogen-bond acceptors (Lipinski definition) is 2. The van der Waals surface area contributed by atoms with Crippen molar-refractivity contribution in [1.82, 2.24) is 5.32 Å². The van der Waals surface area contributed by atoms with E-state index < -0.39 is 0 Å². The van der Waals surface area contributed by atoms with Crippen molar-refractivity contribution >= 4 is 17.7 Å². The molecule has 1 fully saturated rings. The van der Waals surface area contributed by atoms with Gasteiger partial charge in [-0.1, -0.05) is 17.7 Å². The number of amides is 1. The third kappa shape index (κ3) is 3.50. The first-order chi connectivity index (χ1) is 8.06. The summed E-state index contributed by atoms with van der Waals surface area (Å²) >= 11 is 1.64. The fourth-order valence-electron chi connectivity index (χ4n) is 1.72. The van der Waals surface area contributed by atoms with E-state index in [1.165, 1.54) is 16.0 Å². The van der Waals surface area contributed by atoms with Crippen molar-refractivity contribution in [1.29, 1.82) is 0 Å². The summed E-state index contributed by atoms with van der Waals surface area (Å²) in [6, 6.07) is 6.81. The molecule has 2 nitrogen and oxygen atoms in total. The quantitative estimate of drug-likeness (QED) is 0.831. The second kappa shape index (κ2) is 5.13. The molecule has 1 aromatic carbocycles. The number of rotatable bonds is 4. The lowest BCUT2D eigenvalue weighted by molar-refractivity contribution is -0.120. The van der Waals surface area contributed by atoms with Gasteiger partial charge >= 0.3 is 0 Å². The number of carbonyl (C=O) groups excluding carboxylic acids is 1. The van der Waals surface area contributed by atoms with Crippen LogP contribution in [-0.4, -0.2) is 17.2 Å². The Kier molecular flexibility index (Phi) is 3.77. The monoisotopic (exact) mass is 249 g/mol. The molecule has 0 saturated heterocycles. The van der Waals surface area contributed by atoms with Crippen LogP contribution in [0.15, 0.2) is 23.1 Å². The van der Waals surface area contributed by atoms with E-state index in [0.717, 1.165) is 12.8 Å². The molecule has 1 unspecified atom stereocenters. The Bertz CT molecular complexity index is 426. The first kappa shape index (κ1) is 12.5. The predicted octanol–water partition coefficient (Wildman–Crippen LogP) is 3.06. The minimum absolute atomic E-state index is 0.0167. The number of nitrogens with one attached hydrogen (secondary N) is 1.